The van der Waals surface area contributed by atoms with E-state index >= 15 is 0 Å². The lowest BCUT2D eigenvalue weighted by Crippen LogP contribution is -2.45. The number of hydrogen-bond donors (Lipinski definition) is 2. The summed E-state index contributed by atoms with van der Waals surface area (Å²) < 4.78 is 21.4. The Hall–Kier alpha value is -3.30. The van der Waals surface area contributed by atoms with Crippen molar-refractivity contribution >= 4 is 28.2 Å². The first-order valence-corrected chi connectivity index (χ1v) is 11.9. The van der Waals surface area contributed by atoms with E-state index in [4.69, 9.17) is 15.5 Å². The normalized spacial score (nSPS) is 22.0. The first-order chi connectivity index (χ1) is 16.6. The average Bonchev–Trinajstić information content (AvgIpc) is 3.56. The van der Waals surface area contributed by atoms with Gasteiger partial charge in [0.25, 0.3) is 0 Å². The maximum Gasteiger partial charge on any atom is 0.213 e. The summed E-state index contributed by atoms with van der Waals surface area (Å²) in [6.07, 6.45) is 9.42. The van der Waals surface area contributed by atoms with Crippen LogP contribution in [-0.4, -0.2) is 50.9 Å². The van der Waals surface area contributed by atoms with Gasteiger partial charge in [-0.25, -0.2) is 9.37 Å². The van der Waals surface area contributed by atoms with E-state index in [1.807, 2.05) is 18.5 Å². The number of fused-ring (bicyclic) bond motifs is 4. The average molecular weight is 460 g/mol. The van der Waals surface area contributed by atoms with Crippen molar-refractivity contribution in [3.8, 4) is 0 Å². The highest BCUT2D eigenvalue weighted by Crippen LogP contribution is 2.51. The van der Waals surface area contributed by atoms with E-state index in [0.717, 1.165) is 72.6 Å². The molecule has 0 unspecified atom stereocenters. The molecule has 1 spiro atoms. The zero-order valence-corrected chi connectivity index (χ0v) is 18.8. The minimum absolute atomic E-state index is 0.0280. The Labute approximate surface area is 195 Å². The van der Waals surface area contributed by atoms with Crippen molar-refractivity contribution in [1.82, 2.24) is 24.6 Å². The maximum absolute atomic E-state index is 13.8. The zero-order chi connectivity index (χ0) is 22.9. The largest absolute Gasteiger partial charge is 0.377 e. The van der Waals surface area contributed by atoms with Crippen LogP contribution in [0.25, 0.3) is 22.3 Å². The Kier molecular flexibility index (Phi) is 4.35. The molecular formula is C25H26FN7O. The van der Waals surface area contributed by atoms with Crippen molar-refractivity contribution < 1.29 is 9.13 Å². The molecule has 8 nitrogen and oxygen atoms in total. The van der Waals surface area contributed by atoms with Gasteiger partial charge in [-0.15, -0.1) is 0 Å². The number of rotatable bonds is 2. The predicted octanol–water partition coefficient (Wildman–Crippen LogP) is 3.39. The van der Waals surface area contributed by atoms with Gasteiger partial charge in [-0.1, -0.05) is 12.1 Å². The van der Waals surface area contributed by atoms with E-state index < -0.39 is 0 Å². The maximum atomic E-state index is 13.8. The summed E-state index contributed by atoms with van der Waals surface area (Å²) in [7, 11) is 0. The molecule has 7 rings (SSSR count). The van der Waals surface area contributed by atoms with Crippen molar-refractivity contribution in [2.75, 3.05) is 31.2 Å². The highest BCUT2D eigenvalue weighted by molar-refractivity contribution is 5.98. The molecular weight excluding hydrogens is 433 g/mol. The summed E-state index contributed by atoms with van der Waals surface area (Å²) in [5.74, 6) is 0.666. The highest BCUT2D eigenvalue weighted by atomic mass is 19.1. The third-order valence-corrected chi connectivity index (χ3v) is 8.00. The molecule has 5 heterocycles. The van der Waals surface area contributed by atoms with Crippen LogP contribution in [0.15, 0.2) is 36.7 Å². The number of aromatic nitrogens is 5. The van der Waals surface area contributed by atoms with E-state index in [1.165, 1.54) is 11.6 Å². The molecule has 2 aliphatic heterocycles. The van der Waals surface area contributed by atoms with E-state index in [-0.39, 0.29) is 17.3 Å². The van der Waals surface area contributed by atoms with Crippen molar-refractivity contribution in [2.45, 2.75) is 31.7 Å². The topological polar surface area (TPSA) is 97.4 Å². The molecule has 9 heteroatoms. The molecule has 4 aromatic rings. The molecule has 1 aliphatic carbocycles. The lowest BCUT2D eigenvalue weighted by Gasteiger charge is -2.42. The molecule has 0 radical (unpaired) electrons. The van der Waals surface area contributed by atoms with Crippen LogP contribution in [0.4, 0.5) is 10.3 Å². The minimum atomic E-state index is -0.185. The lowest BCUT2D eigenvalue weighted by molar-refractivity contribution is 0.161. The van der Waals surface area contributed by atoms with Crippen molar-refractivity contribution in [3.63, 3.8) is 0 Å². The Balaban J connectivity index is 1.22. The van der Waals surface area contributed by atoms with Gasteiger partial charge in [0, 0.05) is 31.5 Å². The number of nitrogens with zero attached hydrogens (tertiary/aromatic N) is 5. The van der Waals surface area contributed by atoms with Crippen LogP contribution < -0.4 is 10.6 Å². The zero-order valence-electron chi connectivity index (χ0n) is 18.8. The second-order valence-electron chi connectivity index (χ2n) is 9.73. The van der Waals surface area contributed by atoms with Crippen molar-refractivity contribution in [3.05, 3.63) is 59.3 Å². The van der Waals surface area contributed by atoms with Gasteiger partial charge in [-0.3, -0.25) is 9.50 Å². The summed E-state index contributed by atoms with van der Waals surface area (Å²) in [6.45, 7) is 2.97. The number of imidazole rings is 1. The highest BCUT2D eigenvalue weighted by Gasteiger charge is 2.46. The number of ether oxygens (including phenoxy) is 1. The van der Waals surface area contributed by atoms with E-state index in [1.54, 1.807) is 6.07 Å². The van der Waals surface area contributed by atoms with Gasteiger partial charge < -0.3 is 15.4 Å². The Bertz CT molecular complexity index is 1450. The first-order valence-electron chi connectivity index (χ1n) is 11.9. The number of nitrogens with two attached hydrogens (primary N) is 1. The molecule has 3 aliphatic rings. The summed E-state index contributed by atoms with van der Waals surface area (Å²) in [5.41, 5.74) is 12.5. The van der Waals surface area contributed by atoms with Crippen LogP contribution in [0, 0.1) is 11.2 Å². The second-order valence-corrected chi connectivity index (χ2v) is 9.73. The SMILES string of the molecule is N[C@@H]1c2ccc(F)cc2CC12CCN(c1nc3n[nH]c(C4=CCOCC4)c3c3nccn13)CC2. The summed E-state index contributed by atoms with van der Waals surface area (Å²) in [4.78, 5) is 11.9. The van der Waals surface area contributed by atoms with Crippen molar-refractivity contribution in [1.29, 1.82) is 0 Å². The molecule has 1 atom stereocenters. The fourth-order valence-electron chi connectivity index (χ4n) is 6.12. The second kappa shape index (κ2) is 7.35. The Morgan fingerprint density at radius 2 is 2.12 bits per heavy atom. The molecule has 0 saturated carbocycles. The number of halogens is 1. The summed E-state index contributed by atoms with van der Waals surface area (Å²) in [6, 6.07) is 4.99. The van der Waals surface area contributed by atoms with E-state index in [0.29, 0.717) is 18.9 Å². The van der Waals surface area contributed by atoms with E-state index in [2.05, 4.69) is 30.6 Å². The molecule has 1 saturated heterocycles. The molecule has 1 fully saturated rings. The number of anilines is 1. The number of hydrogen-bond acceptors (Lipinski definition) is 6. The number of aromatic amines is 1. The van der Waals surface area contributed by atoms with Crippen LogP contribution in [-0.2, 0) is 11.2 Å². The van der Waals surface area contributed by atoms with Gasteiger partial charge in [-0.2, -0.15) is 10.1 Å². The molecule has 1 aromatic carbocycles. The fraction of sp³-hybridized carbons (Fsp3) is 0.400. The van der Waals surface area contributed by atoms with Crippen LogP contribution in [0.3, 0.4) is 0 Å². The molecule has 0 bridgehead atoms. The standard InChI is InChI=1S/C25H26FN7O/c26-17-1-2-18-16(13-17)14-25(21(18)27)5-8-32(9-6-25)24-29-22-19(23-28-7-10-33(23)24)20(30-31-22)15-3-11-34-12-4-15/h1-3,7,10,13,21H,4-6,8-9,11-12,14,27H2,(H,30,31)/t21-/m1/s1. The molecule has 174 valence electrons. The number of H-pyrrole nitrogens is 1. The fourth-order valence-corrected chi connectivity index (χ4v) is 6.12. The quantitative estimate of drug-likeness (QED) is 0.477. The van der Waals surface area contributed by atoms with Gasteiger partial charge in [-0.05, 0) is 59.9 Å². The smallest absolute Gasteiger partial charge is 0.213 e. The third-order valence-electron chi connectivity index (χ3n) is 8.00. The monoisotopic (exact) mass is 459 g/mol. The minimum Gasteiger partial charge on any atom is -0.377 e. The molecule has 0 amide bonds. The number of benzene rings is 1. The summed E-state index contributed by atoms with van der Waals surface area (Å²) in [5, 5.41) is 8.69. The van der Waals surface area contributed by atoms with Gasteiger partial charge in [0.1, 0.15) is 5.82 Å². The number of nitrogens with one attached hydrogen (secondary N) is 1. The van der Waals surface area contributed by atoms with Gasteiger partial charge in [0.15, 0.2) is 11.3 Å². The van der Waals surface area contributed by atoms with Crippen LogP contribution in [0.5, 0.6) is 0 Å². The lowest BCUT2D eigenvalue weighted by atomic mass is 9.73. The Morgan fingerprint density at radius 3 is 2.94 bits per heavy atom. The molecule has 3 aromatic heterocycles. The van der Waals surface area contributed by atoms with Gasteiger partial charge in [0.05, 0.1) is 24.3 Å². The molecule has 34 heavy (non-hydrogen) atoms. The number of piperidine rings is 1. The van der Waals surface area contributed by atoms with Crippen molar-refractivity contribution in [2.24, 2.45) is 11.1 Å². The van der Waals surface area contributed by atoms with Crippen LogP contribution in [0.2, 0.25) is 0 Å². The van der Waals surface area contributed by atoms with E-state index in [9.17, 15) is 4.39 Å². The van der Waals surface area contributed by atoms with Crippen LogP contribution in [0.1, 0.15) is 42.1 Å². The van der Waals surface area contributed by atoms with Gasteiger partial charge in [0.2, 0.25) is 5.95 Å². The van der Waals surface area contributed by atoms with Gasteiger partial charge >= 0.3 is 0 Å². The Morgan fingerprint density at radius 1 is 1.24 bits per heavy atom. The third kappa shape index (κ3) is 2.86. The first kappa shape index (κ1) is 20.1. The van der Waals surface area contributed by atoms with Crippen LogP contribution >= 0.6 is 0 Å². The summed E-state index contributed by atoms with van der Waals surface area (Å²) >= 11 is 0. The molecule has 3 N–H and O–H groups in total. The predicted molar refractivity (Wildman–Crippen MR) is 127 cm³/mol.